The van der Waals surface area contributed by atoms with Gasteiger partial charge in [0.15, 0.2) is 5.82 Å². The number of nitrogens with zero attached hydrogens (tertiary/aromatic N) is 2. The van der Waals surface area contributed by atoms with Gasteiger partial charge >= 0.3 is 0 Å². The number of hydrogen-bond donors (Lipinski definition) is 0. The largest absolute Gasteiger partial charge is 0.251 e. The second-order valence-corrected chi connectivity index (χ2v) is 3.64. The molecule has 0 aliphatic rings. The number of pyridine rings is 2. The van der Waals surface area contributed by atoms with Crippen LogP contribution < -0.4 is 0 Å². The average molecular weight is 229 g/mol. The molecular weight excluding hydrogens is 222 g/mol. The Hall–Kier alpha value is -1.29. The fourth-order valence-electron chi connectivity index (χ4n) is 1.30. The van der Waals surface area contributed by atoms with E-state index in [0.29, 0.717) is 10.7 Å². The van der Waals surface area contributed by atoms with Gasteiger partial charge in [0.05, 0.1) is 10.5 Å². The van der Waals surface area contributed by atoms with Crippen LogP contribution in [0.5, 0.6) is 0 Å². The molecule has 5 heteroatoms. The van der Waals surface area contributed by atoms with Gasteiger partial charge in [-0.3, -0.25) is 4.98 Å². The monoisotopic (exact) mass is 228 g/mol. The van der Waals surface area contributed by atoms with E-state index in [4.69, 9.17) is 11.6 Å². The molecule has 0 saturated carbocycles. The third-order valence-corrected chi connectivity index (χ3v) is 2.74. The van der Waals surface area contributed by atoms with E-state index in [9.17, 15) is 8.78 Å². The topological polar surface area (TPSA) is 25.8 Å². The number of aromatic nitrogens is 2. The van der Waals surface area contributed by atoms with E-state index in [1.54, 1.807) is 13.8 Å². The minimum absolute atomic E-state index is 0.193. The van der Waals surface area contributed by atoms with E-state index in [0.717, 1.165) is 11.6 Å². The Kier molecular flexibility index (Phi) is 2.31. The van der Waals surface area contributed by atoms with E-state index in [2.05, 4.69) is 9.97 Å². The van der Waals surface area contributed by atoms with Crippen molar-refractivity contribution in [1.82, 2.24) is 9.97 Å². The molecule has 0 aromatic carbocycles. The first-order valence-electron chi connectivity index (χ1n) is 4.29. The predicted molar refractivity (Wildman–Crippen MR) is 53.9 cm³/mol. The molecule has 0 amide bonds. The Morgan fingerprint density at radius 3 is 2.53 bits per heavy atom. The Morgan fingerprint density at radius 1 is 1.20 bits per heavy atom. The molecule has 0 aliphatic heterocycles. The fraction of sp³-hybridized carbons (Fsp3) is 0.200. The Balaban J connectivity index is 2.93. The molecule has 2 nitrogen and oxygen atoms in total. The highest BCUT2D eigenvalue weighted by Crippen LogP contribution is 2.26. The first-order chi connectivity index (χ1) is 7.00. The second-order valence-electron chi connectivity index (χ2n) is 3.26. The summed E-state index contributed by atoms with van der Waals surface area (Å²) in [6.07, 6.45) is 0. The van der Waals surface area contributed by atoms with E-state index in [1.807, 2.05) is 0 Å². The standard InChI is InChI=1S/C10H7ClF2N2/c1-4-5(2)14-7-3-6(12)10(13)15-9(7)8(4)11/h3H,1-2H3. The number of aryl methyl sites for hydroxylation is 1. The normalized spacial score (nSPS) is 11.0. The van der Waals surface area contributed by atoms with Crippen molar-refractivity contribution in [3.05, 3.63) is 34.1 Å². The van der Waals surface area contributed by atoms with Crippen LogP contribution in [0.3, 0.4) is 0 Å². The van der Waals surface area contributed by atoms with Crippen LogP contribution in [0.4, 0.5) is 8.78 Å². The molecule has 0 atom stereocenters. The van der Waals surface area contributed by atoms with Gasteiger partial charge in [0, 0.05) is 11.8 Å². The summed E-state index contributed by atoms with van der Waals surface area (Å²) in [5, 5.41) is 0.316. The van der Waals surface area contributed by atoms with Gasteiger partial charge in [0.2, 0.25) is 5.95 Å². The third kappa shape index (κ3) is 1.55. The number of rotatable bonds is 0. The minimum Gasteiger partial charge on any atom is -0.251 e. The molecule has 0 unspecified atom stereocenters. The lowest BCUT2D eigenvalue weighted by atomic mass is 10.2. The summed E-state index contributed by atoms with van der Waals surface area (Å²) in [5.41, 5.74) is 1.86. The van der Waals surface area contributed by atoms with Crippen molar-refractivity contribution in [2.75, 3.05) is 0 Å². The summed E-state index contributed by atoms with van der Waals surface area (Å²) in [6.45, 7) is 3.51. The average Bonchev–Trinajstić information content (AvgIpc) is 2.19. The minimum atomic E-state index is -1.16. The van der Waals surface area contributed by atoms with Crippen molar-refractivity contribution in [2.24, 2.45) is 0 Å². The fourth-order valence-corrected chi connectivity index (χ4v) is 1.58. The smallest absolute Gasteiger partial charge is 0.249 e. The van der Waals surface area contributed by atoms with Crippen molar-refractivity contribution >= 4 is 22.6 Å². The molecule has 2 aromatic rings. The lowest BCUT2D eigenvalue weighted by molar-refractivity contribution is 0.483. The zero-order valence-corrected chi connectivity index (χ0v) is 8.86. The van der Waals surface area contributed by atoms with Crippen LogP contribution in [-0.4, -0.2) is 9.97 Å². The molecule has 0 N–H and O–H groups in total. The quantitative estimate of drug-likeness (QED) is 0.648. The molecule has 15 heavy (non-hydrogen) atoms. The van der Waals surface area contributed by atoms with Crippen LogP contribution in [0.2, 0.25) is 5.02 Å². The maximum absolute atomic E-state index is 12.9. The summed E-state index contributed by atoms with van der Waals surface area (Å²) in [7, 11) is 0. The SMILES string of the molecule is Cc1nc2cc(F)c(F)nc2c(Cl)c1C. The van der Waals surface area contributed by atoms with Gasteiger partial charge in [-0.2, -0.15) is 4.39 Å². The van der Waals surface area contributed by atoms with E-state index in [1.165, 1.54) is 0 Å². The van der Waals surface area contributed by atoms with Crippen molar-refractivity contribution < 1.29 is 8.78 Å². The highest BCUT2D eigenvalue weighted by Gasteiger charge is 2.12. The molecule has 2 aromatic heterocycles. The lowest BCUT2D eigenvalue weighted by Crippen LogP contribution is -1.97. The van der Waals surface area contributed by atoms with Crippen LogP contribution >= 0.6 is 11.6 Å². The van der Waals surface area contributed by atoms with Crippen molar-refractivity contribution in [3.8, 4) is 0 Å². The number of fused-ring (bicyclic) bond motifs is 1. The highest BCUT2D eigenvalue weighted by molar-refractivity contribution is 6.35. The van der Waals surface area contributed by atoms with Gasteiger partial charge < -0.3 is 0 Å². The van der Waals surface area contributed by atoms with Gasteiger partial charge in [-0.25, -0.2) is 9.37 Å². The maximum Gasteiger partial charge on any atom is 0.249 e. The van der Waals surface area contributed by atoms with Gasteiger partial charge in [0.1, 0.15) is 5.52 Å². The molecule has 0 saturated heterocycles. The number of hydrogen-bond acceptors (Lipinski definition) is 2. The summed E-state index contributed by atoms with van der Waals surface area (Å²) in [5.74, 6) is -2.18. The van der Waals surface area contributed by atoms with E-state index >= 15 is 0 Å². The maximum atomic E-state index is 12.9. The molecule has 78 valence electrons. The zero-order valence-electron chi connectivity index (χ0n) is 8.11. The van der Waals surface area contributed by atoms with Gasteiger partial charge in [-0.1, -0.05) is 11.6 Å². The molecule has 0 aliphatic carbocycles. The summed E-state index contributed by atoms with van der Waals surface area (Å²) in [4.78, 5) is 7.52. The number of halogens is 3. The first kappa shape index (κ1) is 10.2. The summed E-state index contributed by atoms with van der Waals surface area (Å²) >= 11 is 5.96. The third-order valence-electron chi connectivity index (χ3n) is 2.28. The Labute approximate surface area is 89.9 Å². The van der Waals surface area contributed by atoms with Crippen LogP contribution in [0.15, 0.2) is 6.07 Å². The Morgan fingerprint density at radius 2 is 1.87 bits per heavy atom. The zero-order chi connectivity index (χ0) is 11.2. The second kappa shape index (κ2) is 3.38. The van der Waals surface area contributed by atoms with Gasteiger partial charge in [-0.15, -0.1) is 0 Å². The van der Waals surface area contributed by atoms with Crippen LogP contribution in [-0.2, 0) is 0 Å². The molecular formula is C10H7ClF2N2. The molecule has 2 rings (SSSR count). The van der Waals surface area contributed by atoms with Crippen molar-refractivity contribution in [1.29, 1.82) is 0 Å². The van der Waals surface area contributed by atoms with Crippen molar-refractivity contribution in [3.63, 3.8) is 0 Å². The van der Waals surface area contributed by atoms with Gasteiger partial charge in [0.25, 0.3) is 0 Å². The van der Waals surface area contributed by atoms with Crippen LogP contribution in [0.1, 0.15) is 11.3 Å². The summed E-state index contributed by atoms with van der Waals surface area (Å²) < 4.78 is 25.8. The predicted octanol–water partition coefficient (Wildman–Crippen LogP) is 3.18. The van der Waals surface area contributed by atoms with Crippen molar-refractivity contribution in [2.45, 2.75) is 13.8 Å². The summed E-state index contributed by atoms with van der Waals surface area (Å²) in [6, 6.07) is 0.996. The molecule has 2 heterocycles. The molecule has 0 fully saturated rings. The van der Waals surface area contributed by atoms with E-state index < -0.39 is 11.8 Å². The molecule has 0 radical (unpaired) electrons. The molecule has 0 bridgehead atoms. The first-order valence-corrected chi connectivity index (χ1v) is 4.67. The Bertz CT molecular complexity index is 550. The van der Waals surface area contributed by atoms with Crippen LogP contribution in [0.25, 0.3) is 11.0 Å². The van der Waals surface area contributed by atoms with Gasteiger partial charge in [-0.05, 0) is 19.4 Å². The lowest BCUT2D eigenvalue weighted by Gasteiger charge is -2.06. The van der Waals surface area contributed by atoms with E-state index in [-0.39, 0.29) is 11.0 Å². The van der Waals surface area contributed by atoms with Crippen LogP contribution in [0, 0.1) is 25.6 Å². The molecule has 0 spiro atoms. The highest BCUT2D eigenvalue weighted by atomic mass is 35.5.